The summed E-state index contributed by atoms with van der Waals surface area (Å²) in [6, 6.07) is 1.92. The van der Waals surface area contributed by atoms with Gasteiger partial charge < -0.3 is 20.8 Å². The van der Waals surface area contributed by atoms with Crippen molar-refractivity contribution in [3.63, 3.8) is 0 Å². The normalized spacial score (nSPS) is 18.8. The third kappa shape index (κ3) is 2.67. The van der Waals surface area contributed by atoms with E-state index in [0.717, 1.165) is 63.0 Å². The molecule has 0 amide bonds. The van der Waals surface area contributed by atoms with Crippen molar-refractivity contribution >= 4 is 16.7 Å². The predicted octanol–water partition coefficient (Wildman–Crippen LogP) is 2.08. The predicted molar refractivity (Wildman–Crippen MR) is 89.0 cm³/mol. The summed E-state index contributed by atoms with van der Waals surface area (Å²) in [7, 11) is 0. The number of hydrogen-bond donors (Lipinski definition) is 4. The lowest BCUT2D eigenvalue weighted by Gasteiger charge is -2.28. The molecule has 1 fully saturated rings. The van der Waals surface area contributed by atoms with Gasteiger partial charge in [0.2, 0.25) is 0 Å². The van der Waals surface area contributed by atoms with Gasteiger partial charge in [0.05, 0.1) is 11.2 Å². The first-order chi connectivity index (χ1) is 11.2. The van der Waals surface area contributed by atoms with Gasteiger partial charge in [0, 0.05) is 17.8 Å². The minimum atomic E-state index is -0.330. The first-order valence-electron chi connectivity index (χ1n) is 8.44. The molecule has 4 rings (SSSR count). The van der Waals surface area contributed by atoms with Gasteiger partial charge in [-0.1, -0.05) is 0 Å². The molecule has 2 aromatic heterocycles. The van der Waals surface area contributed by atoms with Gasteiger partial charge >= 0.3 is 0 Å². The Hall–Kier alpha value is -2.08. The first kappa shape index (κ1) is 14.5. The van der Waals surface area contributed by atoms with E-state index in [-0.39, 0.29) is 11.6 Å². The number of anilines is 1. The van der Waals surface area contributed by atoms with Gasteiger partial charge in [-0.25, -0.2) is 4.98 Å². The van der Waals surface area contributed by atoms with E-state index in [9.17, 15) is 10.2 Å². The van der Waals surface area contributed by atoms with E-state index in [0.29, 0.717) is 17.1 Å². The SMILES string of the molecule is Oc1cc2nc3c(c(NC4CCNCC4)c2nc1O)CCCC3. The molecule has 0 radical (unpaired) electrons. The number of piperidine rings is 1. The number of aromatic nitrogens is 2. The number of nitrogens with zero attached hydrogens (tertiary/aromatic N) is 2. The minimum absolute atomic E-state index is 0.214. The molecule has 1 aliphatic heterocycles. The Labute approximate surface area is 135 Å². The molecule has 0 aromatic carbocycles. The van der Waals surface area contributed by atoms with Gasteiger partial charge in [0.1, 0.15) is 5.52 Å². The Morgan fingerprint density at radius 2 is 1.87 bits per heavy atom. The Kier molecular flexibility index (Phi) is 3.69. The number of fused-ring (bicyclic) bond motifs is 2. The van der Waals surface area contributed by atoms with Crippen molar-refractivity contribution in [2.75, 3.05) is 18.4 Å². The molecular weight excluding hydrogens is 292 g/mol. The zero-order valence-corrected chi connectivity index (χ0v) is 13.1. The van der Waals surface area contributed by atoms with E-state index in [4.69, 9.17) is 0 Å². The quantitative estimate of drug-likeness (QED) is 0.678. The fourth-order valence-electron chi connectivity index (χ4n) is 3.65. The molecular formula is C17H22N4O2. The van der Waals surface area contributed by atoms with Crippen molar-refractivity contribution in [1.82, 2.24) is 15.3 Å². The smallest absolute Gasteiger partial charge is 0.255 e. The van der Waals surface area contributed by atoms with E-state index in [1.807, 2.05) is 0 Å². The summed E-state index contributed by atoms with van der Waals surface area (Å²) < 4.78 is 0. The van der Waals surface area contributed by atoms with Crippen molar-refractivity contribution in [3.8, 4) is 11.6 Å². The van der Waals surface area contributed by atoms with Crippen LogP contribution in [0, 0.1) is 0 Å². The van der Waals surface area contributed by atoms with Crippen molar-refractivity contribution in [3.05, 3.63) is 17.3 Å². The number of hydrogen-bond acceptors (Lipinski definition) is 6. The molecule has 0 bridgehead atoms. The van der Waals surface area contributed by atoms with Gasteiger partial charge in [-0.3, -0.25) is 4.98 Å². The van der Waals surface area contributed by atoms with Crippen LogP contribution < -0.4 is 10.6 Å². The van der Waals surface area contributed by atoms with Crippen molar-refractivity contribution < 1.29 is 10.2 Å². The summed E-state index contributed by atoms with van der Waals surface area (Å²) >= 11 is 0. The molecule has 0 saturated carbocycles. The maximum absolute atomic E-state index is 9.83. The second-order valence-electron chi connectivity index (χ2n) is 6.49. The molecule has 122 valence electrons. The first-order valence-corrected chi connectivity index (χ1v) is 8.44. The third-order valence-corrected chi connectivity index (χ3v) is 4.88. The van der Waals surface area contributed by atoms with E-state index in [1.54, 1.807) is 0 Å². The molecule has 0 unspecified atom stereocenters. The summed E-state index contributed by atoms with van der Waals surface area (Å²) in [5.74, 6) is -0.544. The maximum atomic E-state index is 9.83. The van der Waals surface area contributed by atoms with Gasteiger partial charge in [-0.05, 0) is 57.2 Å². The molecule has 1 saturated heterocycles. The third-order valence-electron chi connectivity index (χ3n) is 4.88. The summed E-state index contributed by atoms with van der Waals surface area (Å²) in [6.45, 7) is 2.03. The number of aryl methyl sites for hydroxylation is 1. The van der Waals surface area contributed by atoms with E-state index < -0.39 is 0 Å². The summed E-state index contributed by atoms with van der Waals surface area (Å²) in [4.78, 5) is 8.90. The molecule has 4 N–H and O–H groups in total. The van der Waals surface area contributed by atoms with Crippen LogP contribution in [0.15, 0.2) is 6.07 Å². The Morgan fingerprint density at radius 3 is 2.70 bits per heavy atom. The van der Waals surface area contributed by atoms with Gasteiger partial charge in [-0.15, -0.1) is 0 Å². The molecule has 6 nitrogen and oxygen atoms in total. The average molecular weight is 314 g/mol. The van der Waals surface area contributed by atoms with Crippen LogP contribution in [0.5, 0.6) is 11.6 Å². The summed E-state index contributed by atoms with van der Waals surface area (Å²) in [5, 5.41) is 26.6. The molecule has 1 aliphatic carbocycles. The highest BCUT2D eigenvalue weighted by molar-refractivity contribution is 5.91. The second kappa shape index (κ2) is 5.85. The lowest BCUT2D eigenvalue weighted by Crippen LogP contribution is -2.35. The average Bonchev–Trinajstić information content (AvgIpc) is 2.57. The molecule has 3 heterocycles. The van der Waals surface area contributed by atoms with Crippen LogP contribution in [0.4, 0.5) is 5.69 Å². The number of pyridine rings is 2. The lowest BCUT2D eigenvalue weighted by molar-refractivity contribution is 0.391. The summed E-state index contributed by atoms with van der Waals surface area (Å²) in [5.41, 5.74) is 4.66. The van der Waals surface area contributed by atoms with Crippen LogP contribution >= 0.6 is 0 Å². The summed E-state index contributed by atoms with van der Waals surface area (Å²) in [6.07, 6.45) is 6.41. The van der Waals surface area contributed by atoms with Crippen LogP contribution in [0.1, 0.15) is 36.9 Å². The van der Waals surface area contributed by atoms with E-state index in [2.05, 4.69) is 20.6 Å². The Bertz CT molecular complexity index is 741. The van der Waals surface area contributed by atoms with E-state index >= 15 is 0 Å². The van der Waals surface area contributed by atoms with Crippen molar-refractivity contribution in [1.29, 1.82) is 0 Å². The number of aromatic hydroxyl groups is 2. The zero-order chi connectivity index (χ0) is 15.8. The second-order valence-corrected chi connectivity index (χ2v) is 6.49. The van der Waals surface area contributed by atoms with Gasteiger partial charge in [0.15, 0.2) is 5.75 Å². The fourth-order valence-corrected chi connectivity index (χ4v) is 3.65. The monoisotopic (exact) mass is 314 g/mol. The molecule has 2 aliphatic rings. The lowest BCUT2D eigenvalue weighted by atomic mass is 9.93. The molecule has 6 heteroatoms. The van der Waals surface area contributed by atoms with Crippen molar-refractivity contribution in [2.24, 2.45) is 0 Å². The molecule has 23 heavy (non-hydrogen) atoms. The number of rotatable bonds is 2. The van der Waals surface area contributed by atoms with E-state index in [1.165, 1.54) is 11.6 Å². The van der Waals surface area contributed by atoms with Crippen LogP contribution in [-0.2, 0) is 12.8 Å². The highest BCUT2D eigenvalue weighted by atomic mass is 16.3. The van der Waals surface area contributed by atoms with Crippen LogP contribution in [0.3, 0.4) is 0 Å². The van der Waals surface area contributed by atoms with Crippen molar-refractivity contribution in [2.45, 2.75) is 44.6 Å². The Morgan fingerprint density at radius 1 is 1.09 bits per heavy atom. The topological polar surface area (TPSA) is 90.3 Å². The molecule has 0 atom stereocenters. The maximum Gasteiger partial charge on any atom is 0.255 e. The number of nitrogens with one attached hydrogen (secondary N) is 2. The standard InChI is InChI=1S/C17H22N4O2/c22-14-9-13-16(21-17(14)23)15(19-10-5-7-18-8-6-10)11-3-1-2-4-12(11)20-13/h9-10,18,22H,1-8H2,(H,19,20)(H,21,23). The molecule has 2 aromatic rings. The van der Waals surface area contributed by atoms with Crippen LogP contribution in [0.2, 0.25) is 0 Å². The molecule has 0 spiro atoms. The van der Waals surface area contributed by atoms with Gasteiger partial charge in [-0.2, -0.15) is 0 Å². The zero-order valence-electron chi connectivity index (χ0n) is 13.1. The van der Waals surface area contributed by atoms with Crippen LogP contribution in [0.25, 0.3) is 11.0 Å². The van der Waals surface area contributed by atoms with Gasteiger partial charge in [0.25, 0.3) is 5.88 Å². The highest BCUT2D eigenvalue weighted by Crippen LogP contribution is 2.36. The Balaban J connectivity index is 1.85. The van der Waals surface area contributed by atoms with Crippen LogP contribution in [-0.4, -0.2) is 39.3 Å². The largest absolute Gasteiger partial charge is 0.503 e. The fraction of sp³-hybridized carbons (Fsp3) is 0.529. The highest BCUT2D eigenvalue weighted by Gasteiger charge is 2.23. The minimum Gasteiger partial charge on any atom is -0.503 e.